The van der Waals surface area contributed by atoms with Crippen LogP contribution in [0.4, 0.5) is 4.79 Å². The van der Waals surface area contributed by atoms with Gasteiger partial charge in [0.15, 0.2) is 0 Å². The first-order chi connectivity index (χ1) is 7.65. The number of hydrazine groups is 1. The predicted molar refractivity (Wildman–Crippen MR) is 62.1 cm³/mol. The average Bonchev–Trinajstić information content (AvgIpc) is 2.62. The van der Waals surface area contributed by atoms with E-state index in [0.29, 0.717) is 6.54 Å². The van der Waals surface area contributed by atoms with Crippen molar-refractivity contribution < 1.29 is 9.53 Å². The van der Waals surface area contributed by atoms with Crippen LogP contribution in [0.5, 0.6) is 0 Å². The van der Waals surface area contributed by atoms with Crippen molar-refractivity contribution in [3.63, 3.8) is 0 Å². The molecule has 0 radical (unpaired) electrons. The van der Waals surface area contributed by atoms with Gasteiger partial charge in [-0.15, -0.1) is 0 Å². The third-order valence-electron chi connectivity index (χ3n) is 2.39. The molecular formula is C10H13N3O2S. The molecule has 0 spiro atoms. The third-order valence-corrected chi connectivity index (χ3v) is 3.72. The molecule has 1 aromatic rings. The molecule has 1 aliphatic heterocycles. The molecule has 1 aromatic carbocycles. The summed E-state index contributed by atoms with van der Waals surface area (Å²) in [5.74, 6) is 6.66. The lowest BCUT2D eigenvalue weighted by Gasteiger charge is -2.33. The Morgan fingerprint density at radius 2 is 2.12 bits per heavy atom. The Bertz CT molecular complexity index is 387. The first kappa shape index (κ1) is 11.3. The van der Waals surface area contributed by atoms with E-state index < -0.39 is 11.2 Å². The molecule has 1 aliphatic rings. The summed E-state index contributed by atoms with van der Waals surface area (Å²) in [5, 5.41) is 0.519. The fourth-order valence-electron chi connectivity index (χ4n) is 1.69. The minimum absolute atomic E-state index is 0.646. The first-order valence-electron chi connectivity index (χ1n) is 4.85. The van der Waals surface area contributed by atoms with Gasteiger partial charge in [0, 0.05) is 17.9 Å². The van der Waals surface area contributed by atoms with E-state index >= 15 is 0 Å². The standard InChI is InChI=1S/C10H13N3O2S/c11-9(14)15-10(13(12)6-7-16-10)8-4-2-1-3-5-8/h1-5H,6-7,12H2,(H2,11,14). The molecule has 0 aliphatic carbocycles. The molecule has 6 heteroatoms. The van der Waals surface area contributed by atoms with Gasteiger partial charge in [-0.2, -0.15) is 5.01 Å². The number of nitrogens with zero attached hydrogens (tertiary/aromatic N) is 1. The topological polar surface area (TPSA) is 81.6 Å². The smallest absolute Gasteiger partial charge is 0.407 e. The van der Waals surface area contributed by atoms with E-state index in [2.05, 4.69) is 0 Å². The summed E-state index contributed by atoms with van der Waals surface area (Å²) >= 11 is 1.46. The maximum atomic E-state index is 11.0. The quantitative estimate of drug-likeness (QED) is 0.746. The number of amides is 1. The number of nitrogens with two attached hydrogens (primary N) is 2. The summed E-state index contributed by atoms with van der Waals surface area (Å²) in [6.45, 7) is 0.646. The Morgan fingerprint density at radius 3 is 2.62 bits per heavy atom. The van der Waals surface area contributed by atoms with Gasteiger partial charge in [-0.1, -0.05) is 42.1 Å². The van der Waals surface area contributed by atoms with E-state index in [4.69, 9.17) is 16.3 Å². The predicted octanol–water partition coefficient (Wildman–Crippen LogP) is 0.815. The number of primary amides is 1. The summed E-state index contributed by atoms with van der Waals surface area (Å²) in [6.07, 6.45) is -0.825. The van der Waals surface area contributed by atoms with Crippen LogP contribution in [0.15, 0.2) is 30.3 Å². The molecule has 1 heterocycles. The largest absolute Gasteiger partial charge is 0.412 e. The monoisotopic (exact) mass is 239 g/mol. The normalized spacial score (nSPS) is 25.6. The van der Waals surface area contributed by atoms with Gasteiger partial charge in [0.2, 0.25) is 0 Å². The van der Waals surface area contributed by atoms with Crippen LogP contribution in [0.2, 0.25) is 0 Å². The third kappa shape index (κ3) is 1.87. The Morgan fingerprint density at radius 1 is 1.44 bits per heavy atom. The SMILES string of the molecule is NC(=O)OC1(c2ccccc2)SCCN1N. The molecule has 4 N–H and O–H groups in total. The molecular weight excluding hydrogens is 226 g/mol. The second-order valence-corrected chi connectivity index (χ2v) is 4.66. The van der Waals surface area contributed by atoms with Crippen molar-refractivity contribution in [1.29, 1.82) is 0 Å². The lowest BCUT2D eigenvalue weighted by Crippen LogP contribution is -2.48. The van der Waals surface area contributed by atoms with Gasteiger partial charge in [0.25, 0.3) is 5.06 Å². The second-order valence-electron chi connectivity index (χ2n) is 3.41. The van der Waals surface area contributed by atoms with E-state index in [1.807, 2.05) is 30.3 Å². The highest BCUT2D eigenvalue weighted by Gasteiger charge is 2.45. The summed E-state index contributed by atoms with van der Waals surface area (Å²) in [5.41, 5.74) is 5.92. The molecule has 1 amide bonds. The Balaban J connectivity index is 2.38. The number of carbonyl (C=O) groups is 1. The van der Waals surface area contributed by atoms with E-state index in [0.717, 1.165) is 11.3 Å². The van der Waals surface area contributed by atoms with Crippen LogP contribution in [0.25, 0.3) is 0 Å². The van der Waals surface area contributed by atoms with E-state index in [1.54, 1.807) is 0 Å². The second kappa shape index (κ2) is 4.32. The summed E-state index contributed by atoms with van der Waals surface area (Å²) in [4.78, 5) is 11.0. The van der Waals surface area contributed by atoms with E-state index in [1.165, 1.54) is 16.8 Å². The van der Waals surface area contributed by atoms with Gasteiger partial charge < -0.3 is 10.5 Å². The van der Waals surface area contributed by atoms with Gasteiger partial charge >= 0.3 is 6.09 Å². The molecule has 16 heavy (non-hydrogen) atoms. The highest BCUT2D eigenvalue weighted by atomic mass is 32.2. The molecule has 2 rings (SSSR count). The lowest BCUT2D eigenvalue weighted by atomic mass is 10.2. The fraction of sp³-hybridized carbons (Fsp3) is 0.300. The van der Waals surface area contributed by atoms with Crippen molar-refractivity contribution >= 4 is 17.9 Å². The van der Waals surface area contributed by atoms with Crippen LogP contribution >= 0.6 is 11.8 Å². The van der Waals surface area contributed by atoms with Crippen molar-refractivity contribution in [2.45, 2.75) is 5.06 Å². The van der Waals surface area contributed by atoms with Gasteiger partial charge in [-0.05, 0) is 0 Å². The molecule has 1 atom stereocenters. The summed E-state index contributed by atoms with van der Waals surface area (Å²) in [7, 11) is 0. The number of hydrogen-bond donors (Lipinski definition) is 2. The molecule has 0 bridgehead atoms. The molecule has 0 saturated carbocycles. The van der Waals surface area contributed by atoms with Crippen LogP contribution in [0.3, 0.4) is 0 Å². The van der Waals surface area contributed by atoms with Crippen molar-refractivity contribution in [1.82, 2.24) is 5.01 Å². The maximum Gasteiger partial charge on any atom is 0.407 e. The van der Waals surface area contributed by atoms with Crippen LogP contribution in [0.1, 0.15) is 5.56 Å². The van der Waals surface area contributed by atoms with Gasteiger partial charge in [-0.3, -0.25) is 5.84 Å². The Labute approximate surface area is 97.7 Å². The first-order valence-corrected chi connectivity index (χ1v) is 5.84. The molecule has 1 fully saturated rings. The molecule has 1 saturated heterocycles. The number of benzene rings is 1. The molecule has 5 nitrogen and oxygen atoms in total. The van der Waals surface area contributed by atoms with Crippen molar-refractivity contribution in [3.05, 3.63) is 35.9 Å². The van der Waals surface area contributed by atoms with Crippen LogP contribution < -0.4 is 11.6 Å². The fourth-order valence-corrected chi connectivity index (χ4v) is 2.96. The maximum absolute atomic E-state index is 11.0. The Kier molecular flexibility index (Phi) is 3.04. The minimum Gasteiger partial charge on any atom is -0.412 e. The van der Waals surface area contributed by atoms with Gasteiger partial charge in [0.05, 0.1) is 0 Å². The molecule has 1 unspecified atom stereocenters. The zero-order chi connectivity index (χ0) is 11.6. The highest BCUT2D eigenvalue weighted by molar-refractivity contribution is 8.00. The van der Waals surface area contributed by atoms with Crippen LogP contribution in [-0.2, 0) is 9.79 Å². The molecule has 86 valence electrons. The van der Waals surface area contributed by atoms with Crippen molar-refractivity contribution in [3.8, 4) is 0 Å². The van der Waals surface area contributed by atoms with Crippen molar-refractivity contribution in [2.75, 3.05) is 12.3 Å². The van der Waals surface area contributed by atoms with Crippen molar-refractivity contribution in [2.24, 2.45) is 11.6 Å². The number of hydrogen-bond acceptors (Lipinski definition) is 5. The summed E-state index contributed by atoms with van der Waals surface area (Å²) < 4.78 is 5.20. The summed E-state index contributed by atoms with van der Waals surface area (Å²) in [6, 6.07) is 9.35. The lowest BCUT2D eigenvalue weighted by molar-refractivity contribution is -0.0320. The molecule has 0 aromatic heterocycles. The number of ether oxygens (including phenoxy) is 1. The number of rotatable bonds is 2. The van der Waals surface area contributed by atoms with Gasteiger partial charge in [0.1, 0.15) is 0 Å². The zero-order valence-electron chi connectivity index (χ0n) is 8.63. The Hall–Kier alpha value is -1.24. The van der Waals surface area contributed by atoms with E-state index in [-0.39, 0.29) is 0 Å². The van der Waals surface area contributed by atoms with E-state index in [9.17, 15) is 4.79 Å². The minimum atomic E-state index is -0.979. The van der Waals surface area contributed by atoms with Crippen LogP contribution in [0, 0.1) is 0 Å². The average molecular weight is 239 g/mol. The zero-order valence-corrected chi connectivity index (χ0v) is 9.44. The van der Waals surface area contributed by atoms with Gasteiger partial charge in [-0.25, -0.2) is 4.79 Å². The van der Waals surface area contributed by atoms with Crippen LogP contribution in [-0.4, -0.2) is 23.4 Å². The number of carbonyl (C=O) groups excluding carboxylic acids is 1. The number of thioether (sulfide) groups is 1. The highest BCUT2D eigenvalue weighted by Crippen LogP contribution is 2.43.